The van der Waals surface area contributed by atoms with Gasteiger partial charge >= 0.3 is 5.97 Å². The highest BCUT2D eigenvalue weighted by atomic mass is 16.5. The second-order valence-corrected chi connectivity index (χ2v) is 5.76. The van der Waals surface area contributed by atoms with E-state index in [9.17, 15) is 4.79 Å². The van der Waals surface area contributed by atoms with Gasteiger partial charge in [-0.05, 0) is 42.9 Å². The molecule has 1 N–H and O–H groups in total. The Kier molecular flexibility index (Phi) is 3.56. The first-order chi connectivity index (χ1) is 9.25. The summed E-state index contributed by atoms with van der Waals surface area (Å²) in [6.45, 7) is 3.79. The molecule has 0 amide bonds. The molecule has 1 saturated heterocycles. The molecule has 0 spiro atoms. The third-order valence-corrected chi connectivity index (χ3v) is 4.39. The maximum atomic E-state index is 12.3. The predicted octanol–water partition coefficient (Wildman–Crippen LogP) is 2.46. The molecular formula is C16H21NO2. The molecule has 1 aliphatic carbocycles. The third kappa shape index (κ3) is 2.52. The van der Waals surface area contributed by atoms with E-state index in [1.807, 2.05) is 6.07 Å². The summed E-state index contributed by atoms with van der Waals surface area (Å²) in [7, 11) is 0. The van der Waals surface area contributed by atoms with Crippen LogP contribution < -0.4 is 5.32 Å². The Morgan fingerprint density at radius 3 is 2.95 bits per heavy atom. The SMILES string of the molecule is C[C@@H]1CNC[C@H]1C(=O)OC1CCCc2ccccc21. The van der Waals surface area contributed by atoms with Crippen LogP contribution in [-0.4, -0.2) is 19.1 Å². The van der Waals surface area contributed by atoms with Gasteiger partial charge in [-0.1, -0.05) is 31.2 Å². The van der Waals surface area contributed by atoms with E-state index in [1.165, 1.54) is 11.1 Å². The number of esters is 1. The normalized spacial score (nSPS) is 29.8. The zero-order valence-corrected chi connectivity index (χ0v) is 11.4. The van der Waals surface area contributed by atoms with Crippen molar-refractivity contribution in [3.63, 3.8) is 0 Å². The molecule has 2 aliphatic rings. The number of aryl methyl sites for hydroxylation is 1. The van der Waals surface area contributed by atoms with Gasteiger partial charge in [0.2, 0.25) is 0 Å². The fourth-order valence-electron chi connectivity index (χ4n) is 3.18. The number of fused-ring (bicyclic) bond motifs is 1. The maximum Gasteiger partial charge on any atom is 0.311 e. The van der Waals surface area contributed by atoms with Crippen LogP contribution in [0.4, 0.5) is 0 Å². The van der Waals surface area contributed by atoms with Crippen LogP contribution in [0.5, 0.6) is 0 Å². The van der Waals surface area contributed by atoms with Gasteiger partial charge in [-0.3, -0.25) is 4.79 Å². The lowest BCUT2D eigenvalue weighted by Crippen LogP contribution is -2.26. The number of ether oxygens (including phenoxy) is 1. The van der Waals surface area contributed by atoms with Crippen LogP contribution in [0.1, 0.15) is 37.0 Å². The minimum atomic E-state index is -0.0368. The molecule has 3 heteroatoms. The molecule has 1 heterocycles. The van der Waals surface area contributed by atoms with Crippen molar-refractivity contribution in [2.75, 3.05) is 13.1 Å². The van der Waals surface area contributed by atoms with E-state index in [-0.39, 0.29) is 18.0 Å². The second-order valence-electron chi connectivity index (χ2n) is 5.76. The Morgan fingerprint density at radius 2 is 2.16 bits per heavy atom. The standard InChI is InChI=1S/C16H21NO2/c1-11-9-17-10-14(11)16(18)19-15-8-4-6-12-5-2-3-7-13(12)15/h2-3,5,7,11,14-15,17H,4,6,8-10H2,1H3/t11-,14-,15?/m1/s1. The molecule has 1 aromatic carbocycles. The molecule has 0 bridgehead atoms. The first-order valence-electron chi connectivity index (χ1n) is 7.24. The lowest BCUT2D eigenvalue weighted by Gasteiger charge is -2.27. The summed E-state index contributed by atoms with van der Waals surface area (Å²) < 4.78 is 5.79. The van der Waals surface area contributed by atoms with Gasteiger partial charge in [0, 0.05) is 6.54 Å². The van der Waals surface area contributed by atoms with Crippen molar-refractivity contribution in [3.05, 3.63) is 35.4 Å². The van der Waals surface area contributed by atoms with Crippen LogP contribution in [0.15, 0.2) is 24.3 Å². The van der Waals surface area contributed by atoms with Crippen molar-refractivity contribution in [2.45, 2.75) is 32.3 Å². The molecule has 1 aliphatic heterocycles. The quantitative estimate of drug-likeness (QED) is 0.829. The van der Waals surface area contributed by atoms with Crippen molar-refractivity contribution in [2.24, 2.45) is 11.8 Å². The van der Waals surface area contributed by atoms with Crippen molar-refractivity contribution in [1.82, 2.24) is 5.32 Å². The van der Waals surface area contributed by atoms with E-state index in [1.54, 1.807) is 0 Å². The molecular weight excluding hydrogens is 238 g/mol. The summed E-state index contributed by atoms with van der Waals surface area (Å²) >= 11 is 0. The number of benzene rings is 1. The Morgan fingerprint density at radius 1 is 1.32 bits per heavy atom. The van der Waals surface area contributed by atoms with Gasteiger partial charge in [0.1, 0.15) is 6.10 Å². The Labute approximate surface area is 114 Å². The molecule has 1 unspecified atom stereocenters. The third-order valence-electron chi connectivity index (χ3n) is 4.39. The summed E-state index contributed by atoms with van der Waals surface area (Å²) in [5, 5.41) is 3.26. The van der Waals surface area contributed by atoms with Gasteiger partial charge in [0.15, 0.2) is 0 Å². The van der Waals surface area contributed by atoms with Gasteiger partial charge in [-0.25, -0.2) is 0 Å². The number of nitrogens with one attached hydrogen (secondary N) is 1. The smallest absolute Gasteiger partial charge is 0.311 e. The molecule has 1 fully saturated rings. The molecule has 19 heavy (non-hydrogen) atoms. The van der Waals surface area contributed by atoms with Crippen LogP contribution in [0.25, 0.3) is 0 Å². The van der Waals surface area contributed by atoms with E-state index in [0.717, 1.165) is 32.4 Å². The second kappa shape index (κ2) is 5.33. The maximum absolute atomic E-state index is 12.3. The summed E-state index contributed by atoms with van der Waals surface area (Å²) in [6.07, 6.45) is 3.13. The molecule has 0 aromatic heterocycles. The summed E-state index contributed by atoms with van der Waals surface area (Å²) in [5.41, 5.74) is 2.55. The Balaban J connectivity index is 1.72. The highest BCUT2D eigenvalue weighted by Crippen LogP contribution is 2.33. The monoisotopic (exact) mass is 259 g/mol. The number of rotatable bonds is 2. The number of carbonyl (C=O) groups is 1. The Hall–Kier alpha value is -1.35. The van der Waals surface area contributed by atoms with E-state index in [2.05, 4.69) is 30.4 Å². The first-order valence-corrected chi connectivity index (χ1v) is 7.24. The van der Waals surface area contributed by atoms with E-state index in [4.69, 9.17) is 4.74 Å². The number of hydrogen-bond donors (Lipinski definition) is 1. The van der Waals surface area contributed by atoms with Gasteiger partial charge in [0.25, 0.3) is 0 Å². The summed E-state index contributed by atoms with van der Waals surface area (Å²) in [5.74, 6) is 0.375. The number of hydrogen-bond acceptors (Lipinski definition) is 3. The molecule has 0 saturated carbocycles. The van der Waals surface area contributed by atoms with Crippen molar-refractivity contribution < 1.29 is 9.53 Å². The van der Waals surface area contributed by atoms with Gasteiger partial charge < -0.3 is 10.1 Å². The van der Waals surface area contributed by atoms with Crippen LogP contribution in [-0.2, 0) is 16.0 Å². The Bertz CT molecular complexity index is 472. The van der Waals surface area contributed by atoms with E-state index in [0.29, 0.717) is 5.92 Å². The van der Waals surface area contributed by atoms with E-state index >= 15 is 0 Å². The molecule has 102 valence electrons. The zero-order valence-electron chi connectivity index (χ0n) is 11.4. The average molecular weight is 259 g/mol. The molecule has 0 radical (unpaired) electrons. The highest BCUT2D eigenvalue weighted by molar-refractivity contribution is 5.74. The minimum Gasteiger partial charge on any atom is -0.457 e. The lowest BCUT2D eigenvalue weighted by atomic mass is 9.89. The fourth-order valence-corrected chi connectivity index (χ4v) is 3.18. The summed E-state index contributed by atoms with van der Waals surface area (Å²) in [6, 6.07) is 8.34. The fraction of sp³-hybridized carbons (Fsp3) is 0.562. The molecule has 3 rings (SSSR count). The van der Waals surface area contributed by atoms with Crippen LogP contribution in [0, 0.1) is 11.8 Å². The predicted molar refractivity (Wildman–Crippen MR) is 73.7 cm³/mol. The average Bonchev–Trinajstić information content (AvgIpc) is 2.85. The van der Waals surface area contributed by atoms with Crippen LogP contribution in [0.3, 0.4) is 0 Å². The van der Waals surface area contributed by atoms with Gasteiger partial charge in [0.05, 0.1) is 5.92 Å². The van der Waals surface area contributed by atoms with Crippen LogP contribution in [0.2, 0.25) is 0 Å². The van der Waals surface area contributed by atoms with Crippen molar-refractivity contribution >= 4 is 5.97 Å². The first kappa shape index (κ1) is 12.7. The molecule has 3 atom stereocenters. The van der Waals surface area contributed by atoms with Crippen molar-refractivity contribution in [1.29, 1.82) is 0 Å². The van der Waals surface area contributed by atoms with Crippen LogP contribution >= 0.6 is 0 Å². The van der Waals surface area contributed by atoms with Gasteiger partial charge in [-0.15, -0.1) is 0 Å². The zero-order chi connectivity index (χ0) is 13.2. The molecule has 3 nitrogen and oxygen atoms in total. The highest BCUT2D eigenvalue weighted by Gasteiger charge is 2.33. The number of carbonyl (C=O) groups excluding carboxylic acids is 1. The van der Waals surface area contributed by atoms with E-state index < -0.39 is 0 Å². The van der Waals surface area contributed by atoms with Gasteiger partial charge in [-0.2, -0.15) is 0 Å². The largest absolute Gasteiger partial charge is 0.457 e. The minimum absolute atomic E-state index is 0.0223. The lowest BCUT2D eigenvalue weighted by molar-refractivity contribution is -0.155. The summed E-state index contributed by atoms with van der Waals surface area (Å²) in [4.78, 5) is 12.3. The van der Waals surface area contributed by atoms with Crippen molar-refractivity contribution in [3.8, 4) is 0 Å². The molecule has 1 aromatic rings. The topological polar surface area (TPSA) is 38.3 Å².